The third-order valence-electron chi connectivity index (χ3n) is 3.62. The Kier molecular flexibility index (Phi) is 5.80. The molecule has 0 aromatic heterocycles. The van der Waals surface area contributed by atoms with Crippen LogP contribution in [0, 0.1) is 0 Å². The zero-order valence-corrected chi connectivity index (χ0v) is 14.0. The minimum absolute atomic E-state index is 0.133. The van der Waals surface area contributed by atoms with E-state index in [1.54, 1.807) is 24.3 Å². The minimum atomic E-state index is -3.10. The summed E-state index contributed by atoms with van der Waals surface area (Å²) in [5, 5.41) is 3.45. The van der Waals surface area contributed by atoms with Gasteiger partial charge in [-0.3, -0.25) is 9.69 Å². The highest BCUT2D eigenvalue weighted by atomic mass is 35.5. The van der Waals surface area contributed by atoms with Crippen LogP contribution in [-0.4, -0.2) is 69.1 Å². The summed E-state index contributed by atoms with van der Waals surface area (Å²) in [6, 6.07) is 6.73. The second-order valence-electron chi connectivity index (χ2n) is 5.27. The van der Waals surface area contributed by atoms with E-state index in [1.165, 1.54) is 10.6 Å². The molecule has 0 spiro atoms. The Morgan fingerprint density at radius 2 is 1.77 bits per heavy atom. The SMILES string of the molecule is CS(=O)(=O)N1CCN(CCNC(=O)c2ccc(Cl)cc2)CC1. The standard InChI is InChI=1S/C14H20ClN3O3S/c1-22(20,21)18-10-8-17(9-11-18)7-6-16-14(19)12-2-4-13(15)5-3-12/h2-5H,6-11H2,1H3,(H,16,19). The Balaban J connectivity index is 1.71. The predicted molar refractivity (Wildman–Crippen MR) is 86.6 cm³/mol. The molecule has 0 aliphatic carbocycles. The van der Waals surface area contributed by atoms with Gasteiger partial charge in [-0.05, 0) is 24.3 Å². The van der Waals surface area contributed by atoms with Gasteiger partial charge in [0.2, 0.25) is 10.0 Å². The molecule has 1 heterocycles. The van der Waals surface area contributed by atoms with Crippen LogP contribution < -0.4 is 5.32 Å². The molecular weight excluding hydrogens is 326 g/mol. The van der Waals surface area contributed by atoms with Crippen molar-refractivity contribution in [1.82, 2.24) is 14.5 Å². The summed E-state index contributed by atoms with van der Waals surface area (Å²) >= 11 is 5.78. The number of benzene rings is 1. The van der Waals surface area contributed by atoms with E-state index in [1.807, 2.05) is 0 Å². The molecule has 0 radical (unpaired) electrons. The first-order valence-corrected chi connectivity index (χ1v) is 9.30. The zero-order valence-electron chi connectivity index (χ0n) is 12.5. The molecule has 1 aromatic rings. The van der Waals surface area contributed by atoms with Crippen molar-refractivity contribution in [2.24, 2.45) is 0 Å². The Morgan fingerprint density at radius 3 is 2.32 bits per heavy atom. The number of amides is 1. The highest BCUT2D eigenvalue weighted by molar-refractivity contribution is 7.88. The molecule has 1 saturated heterocycles. The van der Waals surface area contributed by atoms with Crippen molar-refractivity contribution >= 4 is 27.5 Å². The van der Waals surface area contributed by atoms with Crippen molar-refractivity contribution in [3.05, 3.63) is 34.9 Å². The molecule has 0 bridgehead atoms. The molecule has 1 N–H and O–H groups in total. The molecule has 1 aliphatic heterocycles. The molecule has 1 fully saturated rings. The quantitative estimate of drug-likeness (QED) is 0.850. The first-order chi connectivity index (χ1) is 10.4. The van der Waals surface area contributed by atoms with Crippen LogP contribution >= 0.6 is 11.6 Å². The van der Waals surface area contributed by atoms with E-state index in [0.29, 0.717) is 49.9 Å². The van der Waals surface area contributed by atoms with Crippen molar-refractivity contribution in [2.75, 3.05) is 45.5 Å². The fraction of sp³-hybridized carbons (Fsp3) is 0.500. The number of nitrogens with one attached hydrogen (secondary N) is 1. The maximum atomic E-state index is 11.9. The fourth-order valence-corrected chi connectivity index (χ4v) is 3.27. The smallest absolute Gasteiger partial charge is 0.251 e. The van der Waals surface area contributed by atoms with Gasteiger partial charge in [-0.25, -0.2) is 8.42 Å². The number of carbonyl (C=O) groups excluding carboxylic acids is 1. The van der Waals surface area contributed by atoms with Gasteiger partial charge in [0, 0.05) is 49.9 Å². The molecule has 0 saturated carbocycles. The normalized spacial score (nSPS) is 17.4. The van der Waals surface area contributed by atoms with Crippen LogP contribution in [-0.2, 0) is 10.0 Å². The third-order valence-corrected chi connectivity index (χ3v) is 5.18. The Hall–Kier alpha value is -1.15. The number of nitrogens with zero attached hydrogens (tertiary/aromatic N) is 2. The first-order valence-electron chi connectivity index (χ1n) is 7.07. The van der Waals surface area contributed by atoms with Crippen LogP contribution in [0.5, 0.6) is 0 Å². The van der Waals surface area contributed by atoms with Crippen molar-refractivity contribution in [1.29, 1.82) is 0 Å². The lowest BCUT2D eigenvalue weighted by atomic mass is 10.2. The third kappa shape index (κ3) is 4.95. The summed E-state index contributed by atoms with van der Waals surface area (Å²) in [6.07, 6.45) is 1.23. The van der Waals surface area contributed by atoms with E-state index in [4.69, 9.17) is 11.6 Å². The Bertz CT molecular complexity index is 611. The van der Waals surface area contributed by atoms with E-state index in [-0.39, 0.29) is 5.91 Å². The van der Waals surface area contributed by atoms with E-state index in [9.17, 15) is 13.2 Å². The number of hydrogen-bond donors (Lipinski definition) is 1. The average molecular weight is 346 g/mol. The number of rotatable bonds is 5. The molecule has 1 aliphatic rings. The molecular formula is C14H20ClN3O3S. The molecule has 0 atom stereocenters. The maximum Gasteiger partial charge on any atom is 0.251 e. The average Bonchev–Trinajstić information content (AvgIpc) is 2.47. The van der Waals surface area contributed by atoms with Crippen molar-refractivity contribution in [3.63, 3.8) is 0 Å². The summed E-state index contributed by atoms with van der Waals surface area (Å²) in [4.78, 5) is 14.1. The van der Waals surface area contributed by atoms with Gasteiger partial charge in [-0.15, -0.1) is 0 Å². The number of sulfonamides is 1. The summed E-state index contributed by atoms with van der Waals surface area (Å²) in [5.41, 5.74) is 0.575. The fourth-order valence-electron chi connectivity index (χ4n) is 2.32. The lowest BCUT2D eigenvalue weighted by Gasteiger charge is -2.33. The summed E-state index contributed by atoms with van der Waals surface area (Å²) in [5.74, 6) is -0.133. The summed E-state index contributed by atoms with van der Waals surface area (Å²) in [6.45, 7) is 3.61. The van der Waals surface area contributed by atoms with E-state index in [0.717, 1.165) is 0 Å². The molecule has 1 aromatic carbocycles. The topological polar surface area (TPSA) is 69.7 Å². The molecule has 8 heteroatoms. The molecule has 2 rings (SSSR count). The van der Waals surface area contributed by atoms with Gasteiger partial charge in [0.25, 0.3) is 5.91 Å². The predicted octanol–water partition coefficient (Wildman–Crippen LogP) is 0.647. The van der Waals surface area contributed by atoms with Crippen LogP contribution in [0.3, 0.4) is 0 Å². The molecule has 1 amide bonds. The van der Waals surface area contributed by atoms with E-state index in [2.05, 4.69) is 10.2 Å². The van der Waals surface area contributed by atoms with Gasteiger partial charge in [0.05, 0.1) is 6.26 Å². The Morgan fingerprint density at radius 1 is 1.18 bits per heavy atom. The molecule has 22 heavy (non-hydrogen) atoms. The highest BCUT2D eigenvalue weighted by Gasteiger charge is 2.22. The number of hydrogen-bond acceptors (Lipinski definition) is 4. The lowest BCUT2D eigenvalue weighted by molar-refractivity contribution is 0.0945. The largest absolute Gasteiger partial charge is 0.351 e. The molecule has 6 nitrogen and oxygen atoms in total. The van der Waals surface area contributed by atoms with Gasteiger partial charge in [-0.2, -0.15) is 4.31 Å². The number of carbonyl (C=O) groups is 1. The first kappa shape index (κ1) is 17.2. The lowest BCUT2D eigenvalue weighted by Crippen LogP contribution is -2.49. The van der Waals surface area contributed by atoms with Gasteiger partial charge in [-0.1, -0.05) is 11.6 Å². The maximum absolute atomic E-state index is 11.9. The second kappa shape index (κ2) is 7.41. The zero-order chi connectivity index (χ0) is 16.2. The van der Waals surface area contributed by atoms with Crippen LogP contribution in [0.15, 0.2) is 24.3 Å². The van der Waals surface area contributed by atoms with E-state index >= 15 is 0 Å². The minimum Gasteiger partial charge on any atom is -0.351 e. The monoisotopic (exact) mass is 345 g/mol. The van der Waals surface area contributed by atoms with Gasteiger partial charge in [0.15, 0.2) is 0 Å². The number of piperazine rings is 1. The van der Waals surface area contributed by atoms with Crippen LogP contribution in [0.2, 0.25) is 5.02 Å². The summed E-state index contributed by atoms with van der Waals surface area (Å²) < 4.78 is 24.3. The molecule has 122 valence electrons. The van der Waals surface area contributed by atoms with Crippen LogP contribution in [0.25, 0.3) is 0 Å². The number of halogens is 1. The van der Waals surface area contributed by atoms with Crippen LogP contribution in [0.4, 0.5) is 0 Å². The molecule has 0 unspecified atom stereocenters. The summed E-state index contributed by atoms with van der Waals surface area (Å²) in [7, 11) is -3.10. The van der Waals surface area contributed by atoms with Crippen molar-refractivity contribution in [3.8, 4) is 0 Å². The van der Waals surface area contributed by atoms with Crippen molar-refractivity contribution in [2.45, 2.75) is 0 Å². The highest BCUT2D eigenvalue weighted by Crippen LogP contribution is 2.09. The second-order valence-corrected chi connectivity index (χ2v) is 7.69. The Labute approximate surface area is 136 Å². The van der Waals surface area contributed by atoms with Gasteiger partial charge >= 0.3 is 0 Å². The van der Waals surface area contributed by atoms with Crippen molar-refractivity contribution < 1.29 is 13.2 Å². The van der Waals surface area contributed by atoms with Gasteiger partial charge in [0.1, 0.15) is 0 Å². The van der Waals surface area contributed by atoms with Crippen LogP contribution in [0.1, 0.15) is 10.4 Å². The van der Waals surface area contributed by atoms with Gasteiger partial charge < -0.3 is 5.32 Å². The van der Waals surface area contributed by atoms with E-state index < -0.39 is 10.0 Å².